The van der Waals surface area contributed by atoms with Gasteiger partial charge in [-0.05, 0) is 25.9 Å². The Balaban J connectivity index is 1.76. The Bertz CT molecular complexity index is 304. The maximum Gasteiger partial charge on any atom is 0.240 e. The summed E-state index contributed by atoms with van der Waals surface area (Å²) < 4.78 is 0. The number of rotatable bonds is 3. The van der Waals surface area contributed by atoms with Gasteiger partial charge in [0.25, 0.3) is 0 Å². The predicted molar refractivity (Wildman–Crippen MR) is 55.3 cm³/mol. The molecule has 6 nitrogen and oxygen atoms in total. The molecule has 1 aliphatic rings. The third-order valence-corrected chi connectivity index (χ3v) is 2.49. The fourth-order valence-electron chi connectivity index (χ4n) is 1.76. The molecule has 15 heavy (non-hydrogen) atoms. The molecular formula is C9H15N5O. The molecule has 1 aliphatic heterocycles. The van der Waals surface area contributed by atoms with Crippen molar-refractivity contribution in [1.29, 1.82) is 0 Å². The maximum absolute atomic E-state index is 11.5. The molecule has 2 rings (SSSR count). The van der Waals surface area contributed by atoms with Crippen molar-refractivity contribution in [2.75, 3.05) is 25.0 Å². The average Bonchev–Trinajstić information content (AvgIpc) is 2.71. The smallest absolute Gasteiger partial charge is 0.240 e. The lowest BCUT2D eigenvalue weighted by Crippen LogP contribution is -2.37. The lowest BCUT2D eigenvalue weighted by molar-refractivity contribution is -0.117. The highest BCUT2D eigenvalue weighted by molar-refractivity contribution is 5.90. The number of nitrogens with one attached hydrogen (secondary N) is 2. The third-order valence-electron chi connectivity index (χ3n) is 2.49. The monoisotopic (exact) mass is 209 g/mol. The summed E-state index contributed by atoms with van der Waals surface area (Å²) in [6.07, 6.45) is 5.03. The van der Waals surface area contributed by atoms with Gasteiger partial charge in [0.15, 0.2) is 0 Å². The van der Waals surface area contributed by atoms with Crippen molar-refractivity contribution in [3.63, 3.8) is 0 Å². The first-order valence-corrected chi connectivity index (χ1v) is 5.22. The zero-order chi connectivity index (χ0) is 10.5. The molecular weight excluding hydrogens is 194 g/mol. The molecule has 6 heteroatoms. The van der Waals surface area contributed by atoms with Crippen molar-refractivity contribution in [1.82, 2.24) is 20.1 Å². The molecule has 1 aromatic rings. The van der Waals surface area contributed by atoms with Crippen molar-refractivity contribution in [2.45, 2.75) is 19.3 Å². The summed E-state index contributed by atoms with van der Waals surface area (Å²) in [5.74, 6) is 0.380. The number of anilines is 1. The van der Waals surface area contributed by atoms with E-state index in [1.807, 2.05) is 0 Å². The number of piperidine rings is 1. The number of hydrogen-bond donors (Lipinski definition) is 2. The molecule has 0 aliphatic carbocycles. The Morgan fingerprint density at radius 1 is 1.47 bits per heavy atom. The molecule has 2 N–H and O–H groups in total. The number of nitrogens with zero attached hydrogens (tertiary/aromatic N) is 3. The number of amides is 1. The SMILES string of the molecule is O=C(CN1CCCCC1)Nc1ncn[nH]1. The minimum absolute atomic E-state index is 0.0337. The molecule has 1 aromatic heterocycles. The second-order valence-electron chi connectivity index (χ2n) is 3.72. The zero-order valence-electron chi connectivity index (χ0n) is 8.57. The van der Waals surface area contributed by atoms with Crippen LogP contribution in [-0.2, 0) is 4.79 Å². The van der Waals surface area contributed by atoms with Gasteiger partial charge in [-0.15, -0.1) is 0 Å². The second kappa shape index (κ2) is 4.88. The molecule has 0 aromatic carbocycles. The van der Waals surface area contributed by atoms with Gasteiger partial charge in [0, 0.05) is 0 Å². The summed E-state index contributed by atoms with van der Waals surface area (Å²) in [7, 11) is 0. The van der Waals surface area contributed by atoms with Crippen molar-refractivity contribution < 1.29 is 4.79 Å². The van der Waals surface area contributed by atoms with Crippen LogP contribution in [0.3, 0.4) is 0 Å². The Morgan fingerprint density at radius 3 is 2.93 bits per heavy atom. The normalized spacial score (nSPS) is 17.6. The van der Waals surface area contributed by atoms with Gasteiger partial charge in [-0.3, -0.25) is 15.0 Å². The number of aromatic amines is 1. The van der Waals surface area contributed by atoms with Crippen molar-refractivity contribution in [3.8, 4) is 0 Å². The summed E-state index contributed by atoms with van der Waals surface area (Å²) in [5.41, 5.74) is 0. The van der Waals surface area contributed by atoms with E-state index in [1.165, 1.54) is 25.6 Å². The van der Waals surface area contributed by atoms with Crippen LogP contribution in [0.25, 0.3) is 0 Å². The highest BCUT2D eigenvalue weighted by Gasteiger charge is 2.14. The standard InChI is InChI=1S/C9H15N5O/c15-8(12-9-10-7-11-13-9)6-14-4-2-1-3-5-14/h7H,1-6H2,(H2,10,11,12,13,15). The molecule has 1 fully saturated rings. The van der Waals surface area contributed by atoms with E-state index in [2.05, 4.69) is 25.4 Å². The van der Waals surface area contributed by atoms with Gasteiger partial charge in [-0.25, -0.2) is 5.10 Å². The molecule has 2 heterocycles. The summed E-state index contributed by atoms with van der Waals surface area (Å²) in [4.78, 5) is 17.5. The van der Waals surface area contributed by atoms with Gasteiger partial charge in [-0.2, -0.15) is 10.1 Å². The molecule has 1 saturated heterocycles. The van der Waals surface area contributed by atoms with Gasteiger partial charge >= 0.3 is 0 Å². The molecule has 82 valence electrons. The minimum Gasteiger partial charge on any atom is -0.295 e. The van der Waals surface area contributed by atoms with Crippen LogP contribution in [0.2, 0.25) is 0 Å². The van der Waals surface area contributed by atoms with E-state index in [0.717, 1.165) is 13.1 Å². The van der Waals surface area contributed by atoms with Crippen molar-refractivity contribution >= 4 is 11.9 Å². The number of hydrogen-bond acceptors (Lipinski definition) is 4. The summed E-state index contributed by atoms with van der Waals surface area (Å²) >= 11 is 0. The summed E-state index contributed by atoms with van der Waals surface area (Å²) in [5, 5.41) is 8.91. The van der Waals surface area contributed by atoms with E-state index in [0.29, 0.717) is 12.5 Å². The zero-order valence-corrected chi connectivity index (χ0v) is 8.57. The van der Waals surface area contributed by atoms with Gasteiger partial charge < -0.3 is 0 Å². The number of carbonyl (C=O) groups is 1. The van der Waals surface area contributed by atoms with Crippen LogP contribution in [0.1, 0.15) is 19.3 Å². The molecule has 0 radical (unpaired) electrons. The number of carbonyl (C=O) groups excluding carboxylic acids is 1. The molecule has 0 spiro atoms. The summed E-state index contributed by atoms with van der Waals surface area (Å²) in [6.45, 7) is 2.48. The molecule has 0 saturated carbocycles. The molecule has 0 bridgehead atoms. The first-order valence-electron chi connectivity index (χ1n) is 5.22. The van der Waals surface area contributed by atoms with Gasteiger partial charge in [-0.1, -0.05) is 6.42 Å². The van der Waals surface area contributed by atoms with Crippen molar-refractivity contribution in [3.05, 3.63) is 6.33 Å². The van der Waals surface area contributed by atoms with E-state index in [1.54, 1.807) is 0 Å². The highest BCUT2D eigenvalue weighted by atomic mass is 16.2. The van der Waals surface area contributed by atoms with E-state index >= 15 is 0 Å². The topological polar surface area (TPSA) is 73.9 Å². The molecule has 1 amide bonds. The fraction of sp³-hybridized carbons (Fsp3) is 0.667. The Labute approximate surface area is 88.1 Å². The fourth-order valence-corrected chi connectivity index (χ4v) is 1.76. The minimum atomic E-state index is -0.0337. The van der Waals surface area contributed by atoms with Crippen LogP contribution in [-0.4, -0.2) is 45.6 Å². The number of likely N-dealkylation sites (tertiary alicyclic amines) is 1. The first kappa shape index (κ1) is 10.1. The van der Waals surface area contributed by atoms with Crippen LogP contribution in [0, 0.1) is 0 Å². The lowest BCUT2D eigenvalue weighted by Gasteiger charge is -2.25. The van der Waals surface area contributed by atoms with E-state index in [-0.39, 0.29) is 5.91 Å². The Morgan fingerprint density at radius 2 is 2.27 bits per heavy atom. The van der Waals surface area contributed by atoms with Crippen LogP contribution in [0.15, 0.2) is 6.33 Å². The number of aromatic nitrogens is 3. The highest BCUT2D eigenvalue weighted by Crippen LogP contribution is 2.08. The van der Waals surface area contributed by atoms with Crippen LogP contribution < -0.4 is 5.32 Å². The Kier molecular flexibility index (Phi) is 3.29. The lowest BCUT2D eigenvalue weighted by atomic mass is 10.1. The van der Waals surface area contributed by atoms with Crippen molar-refractivity contribution in [2.24, 2.45) is 0 Å². The average molecular weight is 209 g/mol. The summed E-state index contributed by atoms with van der Waals surface area (Å²) in [6, 6.07) is 0. The van der Waals surface area contributed by atoms with Gasteiger partial charge in [0.05, 0.1) is 6.54 Å². The van der Waals surface area contributed by atoms with Gasteiger partial charge in [0.2, 0.25) is 11.9 Å². The third kappa shape index (κ3) is 3.02. The first-order chi connectivity index (χ1) is 7.34. The van der Waals surface area contributed by atoms with E-state index in [9.17, 15) is 4.79 Å². The maximum atomic E-state index is 11.5. The van der Waals surface area contributed by atoms with Crippen LogP contribution in [0.4, 0.5) is 5.95 Å². The quantitative estimate of drug-likeness (QED) is 0.747. The largest absolute Gasteiger partial charge is 0.295 e. The molecule has 0 atom stereocenters. The van der Waals surface area contributed by atoms with E-state index in [4.69, 9.17) is 0 Å². The molecule has 0 unspecified atom stereocenters. The predicted octanol–water partition coefficient (Wildman–Crippen LogP) is 0.229. The second-order valence-corrected chi connectivity index (χ2v) is 3.72. The Hall–Kier alpha value is -1.43. The van der Waals surface area contributed by atoms with Gasteiger partial charge in [0.1, 0.15) is 6.33 Å². The van der Waals surface area contributed by atoms with Crippen LogP contribution >= 0.6 is 0 Å². The van der Waals surface area contributed by atoms with Crippen LogP contribution in [0.5, 0.6) is 0 Å². The number of H-pyrrole nitrogens is 1. The van der Waals surface area contributed by atoms with E-state index < -0.39 is 0 Å².